The summed E-state index contributed by atoms with van der Waals surface area (Å²) in [6, 6.07) is 1.69. The topological polar surface area (TPSA) is 35.5 Å². The van der Waals surface area contributed by atoms with Gasteiger partial charge in [0.2, 0.25) is 0 Å². The van der Waals surface area contributed by atoms with E-state index in [1.807, 2.05) is 6.92 Å². The van der Waals surface area contributed by atoms with Gasteiger partial charge in [-0.05, 0) is 28.9 Å². The number of ether oxygens (including phenoxy) is 2. The number of carbonyl (C=O) groups is 1. The van der Waals surface area contributed by atoms with E-state index in [1.165, 1.54) is 0 Å². The standard InChI is InChI=1S/C10H9BrO3/c1-6-9(11)7(5-12)4-8-10(6)14-3-2-13-8/h4-5H,2-3H2,1H3. The van der Waals surface area contributed by atoms with Crippen LogP contribution in [-0.2, 0) is 0 Å². The van der Waals surface area contributed by atoms with Crippen molar-refractivity contribution in [2.75, 3.05) is 13.2 Å². The van der Waals surface area contributed by atoms with Gasteiger partial charge < -0.3 is 9.47 Å². The van der Waals surface area contributed by atoms with Crippen LogP contribution in [0.4, 0.5) is 0 Å². The highest BCUT2D eigenvalue weighted by Gasteiger charge is 2.18. The summed E-state index contributed by atoms with van der Waals surface area (Å²) in [5.74, 6) is 1.38. The lowest BCUT2D eigenvalue weighted by molar-refractivity contribution is 0.112. The fourth-order valence-electron chi connectivity index (χ4n) is 1.44. The summed E-state index contributed by atoms with van der Waals surface area (Å²) >= 11 is 3.35. The fraction of sp³-hybridized carbons (Fsp3) is 0.300. The minimum absolute atomic E-state index is 0.534. The first-order valence-electron chi connectivity index (χ1n) is 4.28. The smallest absolute Gasteiger partial charge is 0.165 e. The number of rotatable bonds is 1. The van der Waals surface area contributed by atoms with Gasteiger partial charge in [-0.15, -0.1) is 0 Å². The maximum Gasteiger partial charge on any atom is 0.165 e. The van der Waals surface area contributed by atoms with E-state index in [2.05, 4.69) is 15.9 Å². The number of hydrogen-bond donors (Lipinski definition) is 0. The van der Waals surface area contributed by atoms with Gasteiger partial charge in [0.1, 0.15) is 13.2 Å². The Labute approximate surface area is 90.1 Å². The molecule has 0 unspecified atom stereocenters. The summed E-state index contributed by atoms with van der Waals surface area (Å²) in [6.07, 6.45) is 0.801. The summed E-state index contributed by atoms with van der Waals surface area (Å²) in [5.41, 5.74) is 1.50. The zero-order valence-corrected chi connectivity index (χ0v) is 9.26. The van der Waals surface area contributed by atoms with E-state index in [1.54, 1.807) is 6.07 Å². The number of benzene rings is 1. The SMILES string of the molecule is Cc1c(Br)c(C=O)cc2c1OCCO2. The molecule has 1 aromatic rings. The molecule has 0 saturated heterocycles. The van der Waals surface area contributed by atoms with Gasteiger partial charge in [-0.3, -0.25) is 4.79 Å². The van der Waals surface area contributed by atoms with Crippen LogP contribution in [0.2, 0.25) is 0 Å². The Morgan fingerprint density at radius 3 is 2.86 bits per heavy atom. The van der Waals surface area contributed by atoms with Crippen molar-refractivity contribution >= 4 is 22.2 Å². The maximum atomic E-state index is 10.7. The molecule has 0 bridgehead atoms. The van der Waals surface area contributed by atoms with Crippen molar-refractivity contribution in [3.05, 3.63) is 21.7 Å². The van der Waals surface area contributed by atoms with Crippen molar-refractivity contribution in [1.82, 2.24) is 0 Å². The molecule has 3 nitrogen and oxygen atoms in total. The van der Waals surface area contributed by atoms with Crippen molar-refractivity contribution in [3.63, 3.8) is 0 Å². The van der Waals surface area contributed by atoms with Gasteiger partial charge in [0.25, 0.3) is 0 Å². The predicted octanol–water partition coefficient (Wildman–Crippen LogP) is 2.34. The minimum Gasteiger partial charge on any atom is -0.486 e. The first kappa shape index (κ1) is 9.52. The second-order valence-corrected chi connectivity index (χ2v) is 3.84. The molecule has 1 aromatic carbocycles. The molecule has 0 N–H and O–H groups in total. The largest absolute Gasteiger partial charge is 0.486 e. The van der Waals surface area contributed by atoms with Gasteiger partial charge >= 0.3 is 0 Å². The normalized spacial score (nSPS) is 13.9. The molecular formula is C10H9BrO3. The summed E-state index contributed by atoms with van der Waals surface area (Å²) < 4.78 is 11.6. The molecule has 0 radical (unpaired) electrons. The second-order valence-electron chi connectivity index (χ2n) is 3.05. The van der Waals surface area contributed by atoms with Crippen LogP contribution >= 0.6 is 15.9 Å². The first-order valence-corrected chi connectivity index (χ1v) is 5.07. The van der Waals surface area contributed by atoms with Gasteiger partial charge in [0, 0.05) is 15.6 Å². The fourth-order valence-corrected chi connectivity index (χ4v) is 1.83. The molecule has 0 spiro atoms. The molecule has 74 valence electrons. The zero-order chi connectivity index (χ0) is 10.1. The van der Waals surface area contributed by atoms with E-state index in [0.29, 0.717) is 24.5 Å². The average Bonchev–Trinajstić information content (AvgIpc) is 2.23. The van der Waals surface area contributed by atoms with Crippen LogP contribution in [0, 0.1) is 6.92 Å². The van der Waals surface area contributed by atoms with Crippen molar-refractivity contribution < 1.29 is 14.3 Å². The Balaban J connectivity index is 2.62. The van der Waals surface area contributed by atoms with Crippen molar-refractivity contribution in [2.24, 2.45) is 0 Å². The van der Waals surface area contributed by atoms with E-state index in [4.69, 9.17) is 9.47 Å². The van der Waals surface area contributed by atoms with Crippen molar-refractivity contribution in [2.45, 2.75) is 6.92 Å². The molecule has 1 aliphatic heterocycles. The van der Waals surface area contributed by atoms with E-state index in [0.717, 1.165) is 22.1 Å². The van der Waals surface area contributed by atoms with Gasteiger partial charge in [0.05, 0.1) is 0 Å². The number of carbonyl (C=O) groups excluding carboxylic acids is 1. The quantitative estimate of drug-likeness (QED) is 0.724. The summed E-state index contributed by atoms with van der Waals surface area (Å²) in [6.45, 7) is 2.98. The van der Waals surface area contributed by atoms with Crippen LogP contribution in [0.15, 0.2) is 10.5 Å². The highest BCUT2D eigenvalue weighted by Crippen LogP contribution is 2.39. The Morgan fingerprint density at radius 2 is 2.14 bits per heavy atom. The molecule has 2 rings (SSSR count). The zero-order valence-electron chi connectivity index (χ0n) is 7.67. The number of halogens is 1. The lowest BCUT2D eigenvalue weighted by Gasteiger charge is -2.21. The third-order valence-corrected chi connectivity index (χ3v) is 3.20. The average molecular weight is 257 g/mol. The molecule has 4 heteroatoms. The van der Waals surface area contributed by atoms with Gasteiger partial charge in [-0.2, -0.15) is 0 Å². The summed E-state index contributed by atoms with van der Waals surface area (Å²) in [5, 5.41) is 0. The second kappa shape index (κ2) is 3.61. The Kier molecular flexibility index (Phi) is 2.46. The lowest BCUT2D eigenvalue weighted by Crippen LogP contribution is -2.16. The highest BCUT2D eigenvalue weighted by atomic mass is 79.9. The van der Waals surface area contributed by atoms with Crippen molar-refractivity contribution in [3.8, 4) is 11.5 Å². The van der Waals surface area contributed by atoms with Crippen LogP contribution in [0.5, 0.6) is 11.5 Å². The molecule has 1 aliphatic rings. The molecular weight excluding hydrogens is 248 g/mol. The number of hydrogen-bond acceptors (Lipinski definition) is 3. The highest BCUT2D eigenvalue weighted by molar-refractivity contribution is 9.10. The van der Waals surface area contributed by atoms with E-state index >= 15 is 0 Å². The summed E-state index contributed by atoms with van der Waals surface area (Å²) in [4.78, 5) is 10.7. The van der Waals surface area contributed by atoms with Crippen LogP contribution in [0.1, 0.15) is 15.9 Å². The van der Waals surface area contributed by atoms with E-state index < -0.39 is 0 Å². The number of fused-ring (bicyclic) bond motifs is 1. The van der Waals surface area contributed by atoms with Crippen LogP contribution in [0.25, 0.3) is 0 Å². The molecule has 0 saturated carbocycles. The Morgan fingerprint density at radius 1 is 1.43 bits per heavy atom. The molecule has 0 aliphatic carbocycles. The molecule has 14 heavy (non-hydrogen) atoms. The Bertz CT molecular complexity index is 387. The van der Waals surface area contributed by atoms with Gasteiger partial charge in [-0.25, -0.2) is 0 Å². The molecule has 0 fully saturated rings. The predicted molar refractivity (Wildman–Crippen MR) is 55.3 cm³/mol. The molecule has 1 heterocycles. The van der Waals surface area contributed by atoms with Gasteiger partial charge in [-0.1, -0.05) is 0 Å². The van der Waals surface area contributed by atoms with Crippen molar-refractivity contribution in [1.29, 1.82) is 0 Å². The van der Waals surface area contributed by atoms with Gasteiger partial charge in [0.15, 0.2) is 17.8 Å². The summed E-state index contributed by atoms with van der Waals surface area (Å²) in [7, 11) is 0. The van der Waals surface area contributed by atoms with E-state index in [9.17, 15) is 4.79 Å². The molecule has 0 amide bonds. The Hall–Kier alpha value is -1.03. The third-order valence-electron chi connectivity index (χ3n) is 2.15. The number of aldehydes is 1. The molecule has 0 atom stereocenters. The maximum absolute atomic E-state index is 10.7. The lowest BCUT2D eigenvalue weighted by atomic mass is 10.1. The van der Waals surface area contributed by atoms with Crippen LogP contribution in [-0.4, -0.2) is 19.5 Å². The first-order chi connectivity index (χ1) is 6.74. The minimum atomic E-state index is 0.534. The monoisotopic (exact) mass is 256 g/mol. The molecule has 0 aromatic heterocycles. The third kappa shape index (κ3) is 1.39. The van der Waals surface area contributed by atoms with Crippen LogP contribution < -0.4 is 9.47 Å². The van der Waals surface area contributed by atoms with Crippen LogP contribution in [0.3, 0.4) is 0 Å². The van der Waals surface area contributed by atoms with E-state index in [-0.39, 0.29) is 0 Å².